The minimum Gasteiger partial charge on any atom is -0.319 e. The molecule has 0 aliphatic rings. The first-order valence-electron chi connectivity index (χ1n) is 6.79. The van der Waals surface area contributed by atoms with Crippen LogP contribution in [0.15, 0.2) is 16.3 Å². The van der Waals surface area contributed by atoms with Crippen molar-refractivity contribution in [3.8, 4) is 0 Å². The molecule has 0 aliphatic heterocycles. The van der Waals surface area contributed by atoms with Gasteiger partial charge in [-0.15, -0.1) is 11.3 Å². The standard InChI is InChI=1S/C13H24N2O2S2/c1-4-6-11(5-2)15-19(16,17)13-8-7-12(18-13)9-10-14-3/h7-8,11,14-15H,4-6,9-10H2,1-3H3. The van der Waals surface area contributed by atoms with Crippen molar-refractivity contribution in [1.82, 2.24) is 10.0 Å². The molecule has 0 aliphatic carbocycles. The van der Waals surface area contributed by atoms with E-state index in [1.807, 2.05) is 20.0 Å². The van der Waals surface area contributed by atoms with E-state index >= 15 is 0 Å². The van der Waals surface area contributed by atoms with E-state index in [4.69, 9.17) is 0 Å². The van der Waals surface area contributed by atoms with E-state index in [0.29, 0.717) is 4.21 Å². The maximum Gasteiger partial charge on any atom is 0.250 e. The Hall–Kier alpha value is -0.430. The molecule has 1 atom stereocenters. The molecule has 4 nitrogen and oxygen atoms in total. The molecule has 1 rings (SSSR count). The van der Waals surface area contributed by atoms with E-state index < -0.39 is 10.0 Å². The van der Waals surface area contributed by atoms with Crippen molar-refractivity contribution in [3.05, 3.63) is 17.0 Å². The Morgan fingerprint density at radius 3 is 2.63 bits per heavy atom. The second-order valence-electron chi connectivity index (χ2n) is 4.59. The van der Waals surface area contributed by atoms with Gasteiger partial charge in [0.25, 0.3) is 0 Å². The lowest BCUT2D eigenvalue weighted by molar-refractivity contribution is 0.513. The van der Waals surface area contributed by atoms with Gasteiger partial charge < -0.3 is 5.32 Å². The van der Waals surface area contributed by atoms with Crippen LogP contribution in [0.4, 0.5) is 0 Å². The number of hydrogen-bond donors (Lipinski definition) is 2. The number of nitrogens with one attached hydrogen (secondary N) is 2. The van der Waals surface area contributed by atoms with Crippen molar-refractivity contribution < 1.29 is 8.42 Å². The van der Waals surface area contributed by atoms with Crippen LogP contribution in [-0.2, 0) is 16.4 Å². The highest BCUT2D eigenvalue weighted by Gasteiger charge is 2.20. The number of thiophene rings is 1. The summed E-state index contributed by atoms with van der Waals surface area (Å²) in [5.74, 6) is 0. The van der Waals surface area contributed by atoms with Crippen LogP contribution in [0.2, 0.25) is 0 Å². The summed E-state index contributed by atoms with van der Waals surface area (Å²) >= 11 is 1.36. The molecule has 0 radical (unpaired) electrons. The van der Waals surface area contributed by atoms with E-state index in [-0.39, 0.29) is 6.04 Å². The van der Waals surface area contributed by atoms with Crippen molar-refractivity contribution in [2.45, 2.75) is 49.8 Å². The van der Waals surface area contributed by atoms with E-state index in [1.165, 1.54) is 11.3 Å². The summed E-state index contributed by atoms with van der Waals surface area (Å²) in [5, 5.41) is 3.06. The van der Waals surface area contributed by atoms with Gasteiger partial charge in [0.15, 0.2) is 0 Å². The summed E-state index contributed by atoms with van der Waals surface area (Å²) in [5.41, 5.74) is 0. The lowest BCUT2D eigenvalue weighted by Crippen LogP contribution is -2.33. The molecular formula is C13H24N2O2S2. The Morgan fingerprint density at radius 1 is 1.32 bits per heavy atom. The first kappa shape index (κ1) is 16.6. The molecule has 6 heteroatoms. The van der Waals surface area contributed by atoms with Crippen molar-refractivity contribution in [2.75, 3.05) is 13.6 Å². The highest BCUT2D eigenvalue weighted by atomic mass is 32.2. The van der Waals surface area contributed by atoms with Crippen molar-refractivity contribution >= 4 is 21.4 Å². The van der Waals surface area contributed by atoms with Crippen LogP contribution in [0, 0.1) is 0 Å². The van der Waals surface area contributed by atoms with Gasteiger partial charge in [-0.3, -0.25) is 0 Å². The van der Waals surface area contributed by atoms with E-state index in [1.54, 1.807) is 6.07 Å². The molecule has 0 aromatic carbocycles. The Morgan fingerprint density at radius 2 is 2.05 bits per heavy atom. The quantitative estimate of drug-likeness (QED) is 0.736. The molecule has 0 spiro atoms. The van der Waals surface area contributed by atoms with Crippen LogP contribution in [0.3, 0.4) is 0 Å². The maximum atomic E-state index is 12.2. The van der Waals surface area contributed by atoms with Crippen LogP contribution in [0.5, 0.6) is 0 Å². The monoisotopic (exact) mass is 304 g/mol. The van der Waals surface area contributed by atoms with Gasteiger partial charge in [-0.1, -0.05) is 20.3 Å². The van der Waals surface area contributed by atoms with Crippen molar-refractivity contribution in [3.63, 3.8) is 0 Å². The van der Waals surface area contributed by atoms with Gasteiger partial charge in [-0.05, 0) is 45.0 Å². The molecule has 19 heavy (non-hydrogen) atoms. The molecule has 0 bridgehead atoms. The summed E-state index contributed by atoms with van der Waals surface area (Å²) in [6.45, 7) is 4.94. The molecule has 0 saturated heterocycles. The zero-order chi connectivity index (χ0) is 14.3. The van der Waals surface area contributed by atoms with Crippen LogP contribution in [0.25, 0.3) is 0 Å². The van der Waals surface area contributed by atoms with Gasteiger partial charge in [0.05, 0.1) is 0 Å². The van der Waals surface area contributed by atoms with Gasteiger partial charge in [-0.25, -0.2) is 13.1 Å². The normalized spacial score (nSPS) is 13.6. The van der Waals surface area contributed by atoms with Crippen LogP contribution in [-0.4, -0.2) is 28.1 Å². The zero-order valence-corrected chi connectivity index (χ0v) is 13.5. The number of hydrogen-bond acceptors (Lipinski definition) is 4. The van der Waals surface area contributed by atoms with E-state index in [0.717, 1.165) is 37.1 Å². The molecule has 110 valence electrons. The Labute approximate surface area is 120 Å². The SMILES string of the molecule is CCCC(CC)NS(=O)(=O)c1ccc(CCNC)s1. The second-order valence-corrected chi connectivity index (χ2v) is 7.70. The topological polar surface area (TPSA) is 58.2 Å². The number of likely N-dealkylation sites (N-methyl/N-ethyl adjacent to an activating group) is 1. The lowest BCUT2D eigenvalue weighted by atomic mass is 10.1. The van der Waals surface area contributed by atoms with Gasteiger partial charge in [0, 0.05) is 10.9 Å². The fourth-order valence-electron chi connectivity index (χ4n) is 1.86. The van der Waals surface area contributed by atoms with Gasteiger partial charge in [0.1, 0.15) is 4.21 Å². The molecule has 0 amide bonds. The summed E-state index contributed by atoms with van der Waals surface area (Å²) in [6.07, 6.45) is 3.56. The van der Waals surface area contributed by atoms with Crippen LogP contribution in [0.1, 0.15) is 38.0 Å². The summed E-state index contributed by atoms with van der Waals surface area (Å²) in [6, 6.07) is 3.64. The highest BCUT2D eigenvalue weighted by molar-refractivity contribution is 7.91. The summed E-state index contributed by atoms with van der Waals surface area (Å²) in [4.78, 5) is 1.10. The fraction of sp³-hybridized carbons (Fsp3) is 0.692. The lowest BCUT2D eigenvalue weighted by Gasteiger charge is -2.15. The molecule has 1 aromatic rings. The average molecular weight is 304 g/mol. The van der Waals surface area contributed by atoms with Gasteiger partial charge in [0.2, 0.25) is 10.0 Å². The zero-order valence-electron chi connectivity index (χ0n) is 11.9. The number of sulfonamides is 1. The smallest absolute Gasteiger partial charge is 0.250 e. The van der Waals surface area contributed by atoms with Gasteiger partial charge in [-0.2, -0.15) is 0 Å². The largest absolute Gasteiger partial charge is 0.319 e. The predicted molar refractivity (Wildman–Crippen MR) is 81.3 cm³/mol. The predicted octanol–water partition coefficient (Wildman–Crippen LogP) is 2.37. The number of rotatable bonds is 9. The van der Waals surface area contributed by atoms with E-state index in [9.17, 15) is 8.42 Å². The molecule has 1 heterocycles. The van der Waals surface area contributed by atoms with Crippen LogP contribution >= 0.6 is 11.3 Å². The first-order chi connectivity index (χ1) is 9.03. The molecule has 1 unspecified atom stereocenters. The first-order valence-corrected chi connectivity index (χ1v) is 9.09. The Bertz CT molecular complexity index is 469. The highest BCUT2D eigenvalue weighted by Crippen LogP contribution is 2.22. The molecule has 0 saturated carbocycles. The average Bonchev–Trinajstić information content (AvgIpc) is 2.85. The van der Waals surface area contributed by atoms with Crippen molar-refractivity contribution in [1.29, 1.82) is 0 Å². The van der Waals surface area contributed by atoms with Crippen molar-refractivity contribution in [2.24, 2.45) is 0 Å². The molecule has 0 fully saturated rings. The third-order valence-electron chi connectivity index (χ3n) is 2.98. The molecule has 1 aromatic heterocycles. The van der Waals surface area contributed by atoms with E-state index in [2.05, 4.69) is 17.0 Å². The maximum absolute atomic E-state index is 12.2. The third-order valence-corrected chi connectivity index (χ3v) is 6.13. The summed E-state index contributed by atoms with van der Waals surface area (Å²) < 4.78 is 27.7. The van der Waals surface area contributed by atoms with Gasteiger partial charge >= 0.3 is 0 Å². The Balaban J connectivity index is 2.73. The molecular weight excluding hydrogens is 280 g/mol. The fourth-order valence-corrected chi connectivity index (χ4v) is 4.58. The summed E-state index contributed by atoms with van der Waals surface area (Å²) in [7, 11) is -1.46. The minimum atomic E-state index is -3.35. The minimum absolute atomic E-state index is 0.0397. The third kappa shape index (κ3) is 5.22. The Kier molecular flexibility index (Phi) is 6.99. The molecule has 2 N–H and O–H groups in total. The second kappa shape index (κ2) is 7.99. The van der Waals surface area contributed by atoms with Crippen LogP contribution < -0.4 is 10.0 Å².